The molecular weight excluding hydrogens is 450 g/mol. The Labute approximate surface area is 206 Å². The van der Waals surface area contributed by atoms with Crippen LogP contribution in [-0.2, 0) is 6.54 Å². The Bertz CT molecular complexity index is 1150. The van der Waals surface area contributed by atoms with Gasteiger partial charge in [0.05, 0.1) is 25.8 Å². The number of hydrogen-bond acceptors (Lipinski definition) is 7. The van der Waals surface area contributed by atoms with Crippen molar-refractivity contribution in [1.82, 2.24) is 15.3 Å². The van der Waals surface area contributed by atoms with Crippen LogP contribution in [0.4, 0.5) is 11.5 Å². The molecule has 2 heterocycles. The van der Waals surface area contributed by atoms with Crippen LogP contribution >= 0.6 is 11.6 Å². The zero-order valence-corrected chi connectivity index (χ0v) is 20.7. The lowest BCUT2D eigenvalue weighted by Gasteiger charge is -2.17. The number of aliphatic imine (C=N–C) groups is 1. The van der Waals surface area contributed by atoms with Gasteiger partial charge in [-0.2, -0.15) is 0 Å². The molecule has 2 aromatic carbocycles. The first-order valence-electron chi connectivity index (χ1n) is 11.8. The summed E-state index contributed by atoms with van der Waals surface area (Å²) in [5, 5.41) is 8.58. The van der Waals surface area contributed by atoms with Gasteiger partial charge in [-0.25, -0.2) is 9.97 Å². The number of anilines is 2. The molecule has 180 valence electrons. The third-order valence-electron chi connectivity index (χ3n) is 5.75. The zero-order valence-electron chi connectivity index (χ0n) is 20.0. The highest BCUT2D eigenvalue weighted by molar-refractivity contribution is 6.30. The molecule has 3 aromatic rings. The quantitative estimate of drug-likeness (QED) is 0.493. The van der Waals surface area contributed by atoms with E-state index in [1.54, 1.807) is 7.11 Å². The zero-order chi connectivity index (χ0) is 23.9. The average Bonchev–Trinajstić information content (AvgIpc) is 2.81. The van der Waals surface area contributed by atoms with Crippen molar-refractivity contribution >= 4 is 40.2 Å². The molecule has 1 atom stereocenters. The number of benzene rings is 2. The summed E-state index contributed by atoms with van der Waals surface area (Å²) in [7, 11) is 1.64. The van der Waals surface area contributed by atoms with E-state index in [2.05, 4.69) is 34.4 Å². The number of nitrogens with zero attached hydrogens (tertiary/aromatic N) is 3. The number of halogens is 1. The Kier molecular flexibility index (Phi) is 8.19. The summed E-state index contributed by atoms with van der Waals surface area (Å²) < 4.78 is 11.7. The van der Waals surface area contributed by atoms with Crippen LogP contribution in [0, 0.1) is 5.92 Å². The molecule has 34 heavy (non-hydrogen) atoms. The fourth-order valence-corrected chi connectivity index (χ4v) is 4.22. The van der Waals surface area contributed by atoms with Crippen LogP contribution in [0.25, 0.3) is 10.9 Å². The molecular formula is C26H32ClN5O2. The highest BCUT2D eigenvalue weighted by Crippen LogP contribution is 2.35. The number of hydrogen-bond donors (Lipinski definition) is 2. The molecule has 0 radical (unpaired) electrons. The maximum atomic E-state index is 6.34. The van der Waals surface area contributed by atoms with Gasteiger partial charge in [-0.15, -0.1) is 0 Å². The molecule has 0 spiro atoms. The summed E-state index contributed by atoms with van der Waals surface area (Å²) >= 11 is 6.34. The fraction of sp³-hybridized carbons (Fsp3) is 0.423. The highest BCUT2D eigenvalue weighted by Gasteiger charge is 2.14. The van der Waals surface area contributed by atoms with E-state index in [-0.39, 0.29) is 6.04 Å². The molecule has 2 bridgehead atoms. The van der Waals surface area contributed by atoms with Crippen LogP contribution in [0.2, 0.25) is 5.02 Å². The second kappa shape index (κ2) is 11.5. The van der Waals surface area contributed by atoms with Gasteiger partial charge in [0.1, 0.15) is 12.1 Å². The summed E-state index contributed by atoms with van der Waals surface area (Å²) in [5.74, 6) is 2.58. The number of rotatable bonds is 3. The Balaban J connectivity index is 1.73. The third kappa shape index (κ3) is 6.15. The molecule has 8 heteroatoms. The van der Waals surface area contributed by atoms with Crippen LogP contribution in [0.1, 0.15) is 38.7 Å². The van der Waals surface area contributed by atoms with Crippen molar-refractivity contribution in [3.05, 3.63) is 47.2 Å². The molecule has 0 amide bonds. The Morgan fingerprint density at radius 2 is 2.06 bits per heavy atom. The molecule has 4 rings (SSSR count). The van der Waals surface area contributed by atoms with Crippen LogP contribution in [0.5, 0.6) is 11.5 Å². The third-order valence-corrected chi connectivity index (χ3v) is 5.99. The molecule has 0 saturated heterocycles. The van der Waals surface area contributed by atoms with Gasteiger partial charge < -0.3 is 20.1 Å². The second-order valence-corrected chi connectivity index (χ2v) is 9.34. The van der Waals surface area contributed by atoms with Crippen molar-refractivity contribution in [2.75, 3.05) is 25.6 Å². The number of nitrogens with one attached hydrogen (secondary N) is 2. The first-order valence-corrected chi connectivity index (χ1v) is 12.2. The monoisotopic (exact) mass is 481 g/mol. The molecule has 0 fully saturated rings. The Morgan fingerprint density at radius 1 is 1.18 bits per heavy atom. The minimum absolute atomic E-state index is 0.233. The maximum absolute atomic E-state index is 6.34. The van der Waals surface area contributed by atoms with E-state index >= 15 is 0 Å². The lowest BCUT2D eigenvalue weighted by Crippen LogP contribution is -2.32. The summed E-state index contributed by atoms with van der Waals surface area (Å²) in [4.78, 5) is 13.7. The van der Waals surface area contributed by atoms with Crippen molar-refractivity contribution < 1.29 is 9.47 Å². The van der Waals surface area contributed by atoms with Gasteiger partial charge in [-0.05, 0) is 55.5 Å². The molecule has 0 aliphatic carbocycles. The van der Waals surface area contributed by atoms with Crippen molar-refractivity contribution in [2.24, 2.45) is 10.9 Å². The van der Waals surface area contributed by atoms with Gasteiger partial charge in [-0.1, -0.05) is 31.5 Å². The first-order chi connectivity index (χ1) is 16.5. The topological polar surface area (TPSA) is 80.7 Å². The average molecular weight is 482 g/mol. The number of aromatic nitrogens is 2. The molecule has 1 aromatic heterocycles. The van der Waals surface area contributed by atoms with E-state index in [4.69, 9.17) is 26.1 Å². The lowest BCUT2D eigenvalue weighted by atomic mass is 10.0. The second-order valence-electron chi connectivity index (χ2n) is 8.90. The Hall–Kier alpha value is -2.90. The molecule has 0 saturated carbocycles. The van der Waals surface area contributed by atoms with Crippen molar-refractivity contribution in [3.63, 3.8) is 0 Å². The van der Waals surface area contributed by atoms with Gasteiger partial charge in [0.15, 0.2) is 11.5 Å². The molecule has 1 unspecified atom stereocenters. The normalized spacial score (nSPS) is 17.1. The van der Waals surface area contributed by atoms with Crippen molar-refractivity contribution in [2.45, 2.75) is 45.7 Å². The number of fused-ring (bicyclic) bond motifs is 2. The van der Waals surface area contributed by atoms with Crippen LogP contribution in [0.15, 0.2) is 41.7 Å². The Morgan fingerprint density at radius 3 is 2.88 bits per heavy atom. The van der Waals surface area contributed by atoms with Crippen LogP contribution in [-0.4, -0.2) is 42.5 Å². The van der Waals surface area contributed by atoms with Crippen LogP contribution in [0.3, 0.4) is 0 Å². The summed E-state index contributed by atoms with van der Waals surface area (Å²) in [6.07, 6.45) is 6.56. The predicted molar refractivity (Wildman–Crippen MR) is 139 cm³/mol. The molecule has 1 aliphatic heterocycles. The van der Waals surface area contributed by atoms with Crippen LogP contribution < -0.4 is 20.1 Å². The van der Waals surface area contributed by atoms with E-state index in [0.717, 1.165) is 48.0 Å². The molecule has 7 nitrogen and oxygen atoms in total. The molecule has 2 N–H and O–H groups in total. The first kappa shape index (κ1) is 24.2. The van der Waals surface area contributed by atoms with E-state index in [1.807, 2.05) is 36.5 Å². The standard InChI is InChI=1S/C26H32ClN5O2/c1-17(2)10-20-15-28-14-18-6-7-19(27)11-22(18)32-26-21-12-25(34-9-5-4-8-29-20)24(33-3)13-23(21)30-16-31-26/h6-7,11-13,15-17,20,29H,4-5,8-10,14H2,1-3H3,(H,30,31,32). The fourth-order valence-electron chi connectivity index (χ4n) is 4.05. The van der Waals surface area contributed by atoms with Gasteiger partial charge in [-0.3, -0.25) is 4.99 Å². The van der Waals surface area contributed by atoms with E-state index in [9.17, 15) is 0 Å². The largest absolute Gasteiger partial charge is 0.493 e. The van der Waals surface area contributed by atoms with Crippen molar-refractivity contribution in [3.8, 4) is 11.5 Å². The molecule has 1 aliphatic rings. The summed E-state index contributed by atoms with van der Waals surface area (Å²) in [5.41, 5.74) is 2.66. The number of ether oxygens (including phenoxy) is 2. The predicted octanol–water partition coefficient (Wildman–Crippen LogP) is 5.78. The van der Waals surface area contributed by atoms with E-state index in [0.29, 0.717) is 41.4 Å². The SMILES string of the molecule is COc1cc2ncnc3c2cc1OCCCCNC(CC(C)C)C=NCc1ccc(Cl)cc1N3. The van der Waals surface area contributed by atoms with E-state index < -0.39 is 0 Å². The number of methoxy groups -OCH3 is 1. The van der Waals surface area contributed by atoms with Gasteiger partial charge in [0.25, 0.3) is 0 Å². The van der Waals surface area contributed by atoms with Gasteiger partial charge in [0.2, 0.25) is 0 Å². The van der Waals surface area contributed by atoms with Crippen molar-refractivity contribution in [1.29, 1.82) is 0 Å². The van der Waals surface area contributed by atoms with E-state index in [1.165, 1.54) is 6.33 Å². The van der Waals surface area contributed by atoms with Gasteiger partial charge in [0, 0.05) is 34.4 Å². The summed E-state index contributed by atoms with van der Waals surface area (Å²) in [6.45, 7) is 6.52. The lowest BCUT2D eigenvalue weighted by molar-refractivity contribution is 0.285. The minimum atomic E-state index is 0.233. The maximum Gasteiger partial charge on any atom is 0.162 e. The van der Waals surface area contributed by atoms with Gasteiger partial charge >= 0.3 is 0 Å². The smallest absolute Gasteiger partial charge is 0.162 e. The summed E-state index contributed by atoms with van der Waals surface area (Å²) in [6, 6.07) is 9.85. The highest BCUT2D eigenvalue weighted by atomic mass is 35.5. The minimum Gasteiger partial charge on any atom is -0.493 e.